The monoisotopic (exact) mass is 295 g/mol. The molecule has 1 aliphatic rings. The van der Waals surface area contributed by atoms with E-state index in [0.29, 0.717) is 16.4 Å². The Hall–Kier alpha value is -1.59. The molecule has 108 valence electrons. The van der Waals surface area contributed by atoms with E-state index in [2.05, 4.69) is 16.0 Å². The molecule has 2 amide bonds. The standard InChI is InChI=1S/C14H18ClN3O2/c1-9(19)17-12-5-4-11(15)6-13(12)18-14(20)8-16-7-10-2-3-10/h4-6,10,16H,2-3,7-8H2,1H3,(H,17,19)(H,18,20). The first-order valence-electron chi connectivity index (χ1n) is 6.62. The summed E-state index contributed by atoms with van der Waals surface area (Å²) >= 11 is 5.91. The van der Waals surface area contributed by atoms with Gasteiger partial charge in [0.2, 0.25) is 11.8 Å². The molecule has 2 rings (SSSR count). The molecule has 0 atom stereocenters. The third-order valence-electron chi connectivity index (χ3n) is 2.98. The Labute approximate surface area is 123 Å². The van der Waals surface area contributed by atoms with E-state index in [4.69, 9.17) is 11.6 Å². The number of hydrogen-bond acceptors (Lipinski definition) is 3. The molecule has 1 saturated carbocycles. The number of halogens is 1. The van der Waals surface area contributed by atoms with E-state index in [1.807, 2.05) is 0 Å². The van der Waals surface area contributed by atoms with Gasteiger partial charge in [0.1, 0.15) is 0 Å². The lowest BCUT2D eigenvalue weighted by molar-refractivity contribution is -0.116. The van der Waals surface area contributed by atoms with Gasteiger partial charge in [-0.1, -0.05) is 11.6 Å². The van der Waals surface area contributed by atoms with E-state index >= 15 is 0 Å². The molecule has 0 unspecified atom stereocenters. The van der Waals surface area contributed by atoms with Crippen LogP contribution in [0.2, 0.25) is 5.02 Å². The van der Waals surface area contributed by atoms with Gasteiger partial charge < -0.3 is 16.0 Å². The van der Waals surface area contributed by atoms with E-state index in [9.17, 15) is 9.59 Å². The number of carbonyl (C=O) groups excluding carboxylic acids is 2. The van der Waals surface area contributed by atoms with Crippen molar-refractivity contribution in [3.8, 4) is 0 Å². The van der Waals surface area contributed by atoms with Crippen LogP contribution in [-0.4, -0.2) is 24.9 Å². The van der Waals surface area contributed by atoms with Crippen LogP contribution in [0.4, 0.5) is 11.4 Å². The Bertz CT molecular complexity index is 515. The van der Waals surface area contributed by atoms with Crippen molar-refractivity contribution in [3.63, 3.8) is 0 Å². The van der Waals surface area contributed by atoms with Crippen LogP contribution < -0.4 is 16.0 Å². The number of carbonyl (C=O) groups is 2. The maximum atomic E-state index is 11.8. The first-order valence-corrected chi connectivity index (χ1v) is 7.00. The summed E-state index contributed by atoms with van der Waals surface area (Å²) in [5.74, 6) is 0.373. The fourth-order valence-corrected chi connectivity index (χ4v) is 2.00. The minimum Gasteiger partial charge on any atom is -0.325 e. The summed E-state index contributed by atoms with van der Waals surface area (Å²) in [6, 6.07) is 4.94. The summed E-state index contributed by atoms with van der Waals surface area (Å²) in [5, 5.41) is 9.02. The fraction of sp³-hybridized carbons (Fsp3) is 0.429. The largest absolute Gasteiger partial charge is 0.325 e. The number of rotatable bonds is 6. The minimum atomic E-state index is -0.199. The van der Waals surface area contributed by atoms with E-state index in [-0.39, 0.29) is 18.4 Å². The van der Waals surface area contributed by atoms with E-state index in [0.717, 1.165) is 12.5 Å². The van der Waals surface area contributed by atoms with Crippen molar-refractivity contribution in [1.82, 2.24) is 5.32 Å². The third kappa shape index (κ3) is 4.83. The molecule has 1 aliphatic carbocycles. The zero-order chi connectivity index (χ0) is 14.5. The number of amides is 2. The van der Waals surface area contributed by atoms with Crippen LogP contribution >= 0.6 is 11.6 Å². The molecule has 0 aromatic heterocycles. The van der Waals surface area contributed by atoms with Gasteiger partial charge >= 0.3 is 0 Å². The highest BCUT2D eigenvalue weighted by Crippen LogP contribution is 2.27. The smallest absolute Gasteiger partial charge is 0.238 e. The van der Waals surface area contributed by atoms with Gasteiger partial charge in [0.25, 0.3) is 0 Å². The molecule has 1 fully saturated rings. The number of benzene rings is 1. The highest BCUT2D eigenvalue weighted by atomic mass is 35.5. The molecule has 0 aliphatic heterocycles. The number of anilines is 2. The predicted octanol–water partition coefficient (Wildman–Crippen LogP) is 2.24. The van der Waals surface area contributed by atoms with Crippen LogP contribution in [0.25, 0.3) is 0 Å². The zero-order valence-corrected chi connectivity index (χ0v) is 12.1. The Morgan fingerprint density at radius 2 is 2.00 bits per heavy atom. The normalized spacial score (nSPS) is 13.9. The Morgan fingerprint density at radius 1 is 1.25 bits per heavy atom. The summed E-state index contributed by atoms with van der Waals surface area (Å²) in [4.78, 5) is 23.0. The van der Waals surface area contributed by atoms with Crippen molar-refractivity contribution in [2.24, 2.45) is 5.92 Å². The van der Waals surface area contributed by atoms with Gasteiger partial charge in [0.05, 0.1) is 17.9 Å². The summed E-state index contributed by atoms with van der Waals surface area (Å²) in [6.07, 6.45) is 2.49. The van der Waals surface area contributed by atoms with Crippen molar-refractivity contribution < 1.29 is 9.59 Å². The summed E-state index contributed by atoms with van der Waals surface area (Å²) < 4.78 is 0. The molecule has 20 heavy (non-hydrogen) atoms. The van der Waals surface area contributed by atoms with E-state index in [1.165, 1.54) is 19.8 Å². The molecule has 1 aromatic carbocycles. The van der Waals surface area contributed by atoms with Crippen molar-refractivity contribution in [3.05, 3.63) is 23.2 Å². The van der Waals surface area contributed by atoms with Gasteiger partial charge in [-0.2, -0.15) is 0 Å². The molecule has 6 heteroatoms. The molecule has 5 nitrogen and oxygen atoms in total. The van der Waals surface area contributed by atoms with Gasteiger partial charge in [0.15, 0.2) is 0 Å². The van der Waals surface area contributed by atoms with Crippen LogP contribution in [-0.2, 0) is 9.59 Å². The van der Waals surface area contributed by atoms with Gasteiger partial charge in [-0.25, -0.2) is 0 Å². The first-order chi connectivity index (χ1) is 9.54. The quantitative estimate of drug-likeness (QED) is 0.754. The lowest BCUT2D eigenvalue weighted by atomic mass is 10.2. The summed E-state index contributed by atoms with van der Waals surface area (Å²) in [6.45, 7) is 2.54. The predicted molar refractivity (Wildman–Crippen MR) is 80.0 cm³/mol. The highest BCUT2D eigenvalue weighted by molar-refractivity contribution is 6.31. The lowest BCUT2D eigenvalue weighted by Crippen LogP contribution is -2.29. The first kappa shape index (κ1) is 14.8. The molecular formula is C14H18ClN3O2. The van der Waals surface area contributed by atoms with E-state index in [1.54, 1.807) is 18.2 Å². The van der Waals surface area contributed by atoms with Crippen molar-refractivity contribution in [1.29, 1.82) is 0 Å². The van der Waals surface area contributed by atoms with Crippen LogP contribution in [0.15, 0.2) is 18.2 Å². The Kier molecular flexibility index (Phi) is 4.98. The SMILES string of the molecule is CC(=O)Nc1ccc(Cl)cc1NC(=O)CNCC1CC1. The molecule has 1 aromatic rings. The molecular weight excluding hydrogens is 278 g/mol. The molecule has 0 radical (unpaired) electrons. The second-order valence-corrected chi connectivity index (χ2v) is 5.43. The van der Waals surface area contributed by atoms with Crippen LogP contribution in [0.3, 0.4) is 0 Å². The van der Waals surface area contributed by atoms with Crippen LogP contribution in [0.5, 0.6) is 0 Å². The molecule has 0 heterocycles. The Balaban J connectivity index is 1.93. The van der Waals surface area contributed by atoms with Crippen molar-refractivity contribution in [2.75, 3.05) is 23.7 Å². The maximum Gasteiger partial charge on any atom is 0.238 e. The van der Waals surface area contributed by atoms with Gasteiger partial charge in [0, 0.05) is 11.9 Å². The van der Waals surface area contributed by atoms with Crippen molar-refractivity contribution >= 4 is 34.8 Å². The van der Waals surface area contributed by atoms with Crippen LogP contribution in [0.1, 0.15) is 19.8 Å². The van der Waals surface area contributed by atoms with Crippen molar-refractivity contribution in [2.45, 2.75) is 19.8 Å². The number of hydrogen-bond donors (Lipinski definition) is 3. The molecule has 0 bridgehead atoms. The minimum absolute atomic E-state index is 0.153. The van der Waals surface area contributed by atoms with Crippen LogP contribution in [0, 0.1) is 5.92 Å². The van der Waals surface area contributed by atoms with Gasteiger partial charge in [-0.3, -0.25) is 9.59 Å². The fourth-order valence-electron chi connectivity index (χ4n) is 1.82. The third-order valence-corrected chi connectivity index (χ3v) is 3.22. The summed E-state index contributed by atoms with van der Waals surface area (Å²) in [5.41, 5.74) is 1.04. The highest BCUT2D eigenvalue weighted by Gasteiger charge is 2.20. The molecule has 0 saturated heterocycles. The molecule has 0 spiro atoms. The zero-order valence-electron chi connectivity index (χ0n) is 11.3. The average Bonchev–Trinajstić information content (AvgIpc) is 3.16. The average molecular weight is 296 g/mol. The number of nitrogens with one attached hydrogen (secondary N) is 3. The van der Waals surface area contributed by atoms with Gasteiger partial charge in [-0.05, 0) is 43.5 Å². The topological polar surface area (TPSA) is 70.2 Å². The summed E-state index contributed by atoms with van der Waals surface area (Å²) in [7, 11) is 0. The van der Waals surface area contributed by atoms with Gasteiger partial charge in [-0.15, -0.1) is 0 Å². The van der Waals surface area contributed by atoms with E-state index < -0.39 is 0 Å². The Morgan fingerprint density at radius 3 is 2.65 bits per heavy atom. The molecule has 3 N–H and O–H groups in total. The lowest BCUT2D eigenvalue weighted by Gasteiger charge is -2.12. The maximum absolute atomic E-state index is 11.8. The second kappa shape index (κ2) is 6.72. The second-order valence-electron chi connectivity index (χ2n) is 4.99.